The number of nitrogens with zero attached hydrogens (tertiary/aromatic N) is 2. The number of hydroxylamine groups is 2. The maximum atomic E-state index is 13.3. The van der Waals surface area contributed by atoms with Gasteiger partial charge in [0.1, 0.15) is 12.1 Å². The summed E-state index contributed by atoms with van der Waals surface area (Å²) in [5.74, 6) is -2.75. The molecular formula is C28H34N6O7. The monoisotopic (exact) mass is 566 g/mol. The van der Waals surface area contributed by atoms with Crippen molar-refractivity contribution in [1.82, 2.24) is 15.7 Å². The van der Waals surface area contributed by atoms with Crippen LogP contribution >= 0.6 is 0 Å². The van der Waals surface area contributed by atoms with E-state index in [4.69, 9.17) is 11.5 Å². The van der Waals surface area contributed by atoms with Crippen molar-refractivity contribution in [2.45, 2.75) is 50.2 Å². The van der Waals surface area contributed by atoms with E-state index in [0.29, 0.717) is 37.8 Å². The molecule has 41 heavy (non-hydrogen) atoms. The Kier molecular flexibility index (Phi) is 11.1. The Morgan fingerprint density at radius 1 is 1.07 bits per heavy atom. The number of primary amides is 2. The lowest BCUT2D eigenvalue weighted by atomic mass is 9.91. The normalized spacial score (nSPS) is 18.5. The molecule has 0 aromatic heterocycles. The number of non-ortho nitro benzene ring substituents is 1. The first-order valence-corrected chi connectivity index (χ1v) is 13.2. The summed E-state index contributed by atoms with van der Waals surface area (Å²) in [6, 6.07) is 12.2. The maximum Gasteiger partial charge on any atom is 0.269 e. The van der Waals surface area contributed by atoms with Gasteiger partial charge in [-0.3, -0.25) is 29.3 Å². The van der Waals surface area contributed by atoms with E-state index in [1.807, 2.05) is 30.3 Å². The van der Waals surface area contributed by atoms with Gasteiger partial charge in [0.15, 0.2) is 0 Å². The first-order valence-electron chi connectivity index (χ1n) is 13.2. The predicted octanol–water partition coefficient (Wildman–Crippen LogP) is 1.56. The Morgan fingerprint density at radius 3 is 2.37 bits per heavy atom. The first kappa shape index (κ1) is 30.9. The number of nitro benzene ring substituents is 1. The lowest BCUT2D eigenvalue weighted by Gasteiger charge is -2.24. The number of amides is 4. The molecule has 1 fully saturated rings. The zero-order valence-electron chi connectivity index (χ0n) is 22.3. The number of nitro groups is 1. The average molecular weight is 567 g/mol. The van der Waals surface area contributed by atoms with Crippen LogP contribution in [0, 0.1) is 16.0 Å². The lowest BCUT2D eigenvalue weighted by Crippen LogP contribution is -2.49. The topological polar surface area (TPSA) is 211 Å². The zero-order valence-corrected chi connectivity index (χ0v) is 22.3. The summed E-state index contributed by atoms with van der Waals surface area (Å²) in [5, 5.41) is 27.1. The number of carbonyl (C=O) groups excluding carboxylic acids is 4. The second-order valence-electron chi connectivity index (χ2n) is 9.88. The molecule has 1 saturated heterocycles. The van der Waals surface area contributed by atoms with E-state index in [-0.39, 0.29) is 11.6 Å². The molecule has 4 amide bonds. The summed E-state index contributed by atoms with van der Waals surface area (Å²) in [6.07, 6.45) is 4.44. The molecule has 1 heterocycles. The molecule has 2 aromatic carbocycles. The van der Waals surface area contributed by atoms with Crippen molar-refractivity contribution in [1.29, 1.82) is 0 Å². The molecule has 3 rings (SSSR count). The third-order valence-electron chi connectivity index (χ3n) is 6.94. The average Bonchev–Trinajstić information content (AvgIpc) is 3.31. The third kappa shape index (κ3) is 9.22. The second-order valence-corrected chi connectivity index (χ2v) is 9.88. The number of nitrogens with two attached hydrogens (primary N) is 2. The van der Waals surface area contributed by atoms with E-state index in [1.165, 1.54) is 30.3 Å². The van der Waals surface area contributed by atoms with Gasteiger partial charge in [0.25, 0.3) is 5.69 Å². The highest BCUT2D eigenvalue weighted by molar-refractivity contribution is 5.97. The number of nitrogens with one attached hydrogen (secondary N) is 2. The summed E-state index contributed by atoms with van der Waals surface area (Å²) < 4.78 is 0. The van der Waals surface area contributed by atoms with Crippen molar-refractivity contribution in [3.63, 3.8) is 0 Å². The Labute approximate surface area is 236 Å². The van der Waals surface area contributed by atoms with Crippen LogP contribution in [-0.4, -0.2) is 57.5 Å². The molecule has 13 heteroatoms. The molecule has 13 nitrogen and oxygen atoms in total. The number of rotatable bonds is 14. The first-order chi connectivity index (χ1) is 19.5. The molecule has 7 N–H and O–H groups in total. The van der Waals surface area contributed by atoms with Crippen molar-refractivity contribution < 1.29 is 29.3 Å². The minimum Gasteiger partial charge on any atom is -0.370 e. The molecule has 1 unspecified atom stereocenters. The van der Waals surface area contributed by atoms with Crippen LogP contribution < -0.4 is 22.1 Å². The highest BCUT2D eigenvalue weighted by Gasteiger charge is 2.37. The van der Waals surface area contributed by atoms with Crippen LogP contribution in [0.15, 0.2) is 60.7 Å². The largest absolute Gasteiger partial charge is 0.370 e. The molecule has 0 saturated carbocycles. The zero-order chi connectivity index (χ0) is 29.9. The molecule has 0 radical (unpaired) electrons. The maximum absolute atomic E-state index is 13.3. The van der Waals surface area contributed by atoms with E-state index in [0.717, 1.165) is 16.7 Å². The number of hydrogen-bond donors (Lipinski definition) is 5. The Bertz CT molecular complexity index is 1270. The number of benzene rings is 2. The standard InChI is InChI=1S/C28H34N6O7/c29-24(35)17-23(31-25(36)14-11-18-9-12-21(13-10-18)34(40)41)28(38)32-22(19-5-2-1-3-6-19)8-4-7-20-15-16-33(39)26(20)27(30)37/h1-3,5-6,9-14,20,22-23,26,39H,4,7-8,15-17H2,(H2,29,35)(H2,30,37)(H,31,36)(H,32,38)/t20?,22-,23-,26-/m0/s1. The van der Waals surface area contributed by atoms with Gasteiger partial charge >= 0.3 is 0 Å². The van der Waals surface area contributed by atoms with Crippen LogP contribution in [0.2, 0.25) is 0 Å². The minimum atomic E-state index is -1.25. The summed E-state index contributed by atoms with van der Waals surface area (Å²) in [6.45, 7) is 0.351. The van der Waals surface area contributed by atoms with Crippen LogP contribution in [0.3, 0.4) is 0 Å². The summed E-state index contributed by atoms with van der Waals surface area (Å²) >= 11 is 0. The van der Waals surface area contributed by atoms with E-state index in [9.17, 15) is 34.5 Å². The molecular weight excluding hydrogens is 532 g/mol. The summed E-state index contributed by atoms with van der Waals surface area (Å²) in [5.41, 5.74) is 12.0. The Balaban J connectivity index is 1.66. The van der Waals surface area contributed by atoms with Crippen LogP contribution in [0.25, 0.3) is 6.08 Å². The Morgan fingerprint density at radius 2 is 1.76 bits per heavy atom. The highest BCUT2D eigenvalue weighted by Crippen LogP contribution is 2.29. The molecule has 0 aliphatic carbocycles. The summed E-state index contributed by atoms with van der Waals surface area (Å²) in [7, 11) is 0. The summed E-state index contributed by atoms with van der Waals surface area (Å²) in [4.78, 5) is 59.6. The SMILES string of the molecule is NC(=O)C[C@H](NC(=O)C=Cc1ccc([N+](=O)[O-])cc1)C(=O)N[C@@H](CCCC1CCN(O)[C@@H]1C(N)=O)c1ccccc1. The van der Waals surface area contributed by atoms with E-state index in [1.54, 1.807) is 0 Å². The van der Waals surface area contributed by atoms with Gasteiger partial charge in [-0.2, -0.15) is 5.06 Å². The van der Waals surface area contributed by atoms with E-state index < -0.39 is 53.1 Å². The van der Waals surface area contributed by atoms with Gasteiger partial charge in [0.2, 0.25) is 23.6 Å². The van der Waals surface area contributed by atoms with Gasteiger partial charge < -0.3 is 27.3 Å². The fraction of sp³-hybridized carbons (Fsp3) is 0.357. The molecule has 1 aliphatic rings. The predicted molar refractivity (Wildman–Crippen MR) is 149 cm³/mol. The van der Waals surface area contributed by atoms with Crippen molar-refractivity contribution >= 4 is 35.4 Å². The minimum absolute atomic E-state index is 0.0935. The van der Waals surface area contributed by atoms with Crippen LogP contribution in [0.4, 0.5) is 5.69 Å². The van der Waals surface area contributed by atoms with Crippen LogP contribution in [0.5, 0.6) is 0 Å². The smallest absolute Gasteiger partial charge is 0.269 e. The van der Waals surface area contributed by atoms with Gasteiger partial charge in [-0.05, 0) is 54.5 Å². The fourth-order valence-corrected chi connectivity index (χ4v) is 4.89. The molecule has 4 atom stereocenters. The molecule has 1 aliphatic heterocycles. The fourth-order valence-electron chi connectivity index (χ4n) is 4.89. The van der Waals surface area contributed by atoms with Gasteiger partial charge in [0, 0.05) is 24.8 Å². The van der Waals surface area contributed by atoms with Crippen molar-refractivity contribution in [3.8, 4) is 0 Å². The third-order valence-corrected chi connectivity index (χ3v) is 6.94. The van der Waals surface area contributed by atoms with Gasteiger partial charge in [-0.25, -0.2) is 0 Å². The molecule has 0 spiro atoms. The van der Waals surface area contributed by atoms with E-state index in [2.05, 4.69) is 10.6 Å². The highest BCUT2D eigenvalue weighted by atomic mass is 16.6. The second kappa shape index (κ2) is 14.7. The lowest BCUT2D eigenvalue weighted by molar-refractivity contribution is -0.384. The van der Waals surface area contributed by atoms with Gasteiger partial charge in [-0.15, -0.1) is 0 Å². The van der Waals surface area contributed by atoms with Crippen molar-refractivity contribution in [2.24, 2.45) is 17.4 Å². The van der Waals surface area contributed by atoms with Gasteiger partial charge in [0.05, 0.1) is 17.4 Å². The Hall–Kier alpha value is -4.62. The number of carbonyl (C=O) groups is 4. The molecule has 0 bridgehead atoms. The van der Waals surface area contributed by atoms with Gasteiger partial charge in [-0.1, -0.05) is 36.8 Å². The van der Waals surface area contributed by atoms with Crippen LogP contribution in [-0.2, 0) is 19.2 Å². The number of hydrogen-bond acceptors (Lipinski definition) is 8. The molecule has 218 valence electrons. The van der Waals surface area contributed by atoms with Crippen LogP contribution in [0.1, 0.15) is 49.3 Å². The molecule has 2 aromatic rings. The quantitative estimate of drug-likeness (QED) is 0.128. The van der Waals surface area contributed by atoms with Crippen molar-refractivity contribution in [2.75, 3.05) is 6.54 Å². The van der Waals surface area contributed by atoms with Crippen molar-refractivity contribution in [3.05, 3.63) is 81.9 Å². The van der Waals surface area contributed by atoms with E-state index >= 15 is 0 Å².